The normalized spacial score (nSPS) is 15.1. The molecule has 0 unspecified atom stereocenters. The first kappa shape index (κ1) is 21.4. The molecule has 0 bridgehead atoms. The second kappa shape index (κ2) is 13.2. The van der Waals surface area contributed by atoms with E-state index in [2.05, 4.69) is 10.0 Å². The van der Waals surface area contributed by atoms with Crippen LogP contribution in [0.4, 0.5) is 0 Å². The van der Waals surface area contributed by atoms with E-state index in [1.165, 1.54) is 19.3 Å². The predicted molar refractivity (Wildman–Crippen MR) is 55.7 cm³/mol. The third-order valence-corrected chi connectivity index (χ3v) is 2.22. The molecule has 1 fully saturated rings. The van der Waals surface area contributed by atoms with E-state index in [1.54, 1.807) is 6.92 Å². The van der Waals surface area contributed by atoms with Crippen molar-refractivity contribution in [3.8, 4) is 0 Å². The Balaban J connectivity index is -0.000000170. The molecule has 0 aromatic heterocycles. The summed E-state index contributed by atoms with van der Waals surface area (Å²) < 4.78 is 23.4. The van der Waals surface area contributed by atoms with Gasteiger partial charge in [-0.05, 0) is 0 Å². The molecule has 1 saturated heterocycles. The molecule has 7 heteroatoms. The topological polar surface area (TPSA) is 62.3 Å². The quantitative estimate of drug-likeness (QED) is 0.658. The molecule has 0 amide bonds. The Kier molecular flexibility index (Phi) is 18.9. The van der Waals surface area contributed by atoms with Crippen LogP contribution in [0, 0.1) is 0 Å². The van der Waals surface area contributed by atoms with E-state index >= 15 is 0 Å². The molecule has 1 radical (unpaired) electrons. The van der Waals surface area contributed by atoms with Crippen LogP contribution >= 0.6 is 0 Å². The van der Waals surface area contributed by atoms with Crippen LogP contribution in [0.5, 0.6) is 0 Å². The van der Waals surface area contributed by atoms with Crippen LogP contribution in [-0.4, -0.2) is 34.3 Å². The van der Waals surface area contributed by atoms with Crippen molar-refractivity contribution in [2.45, 2.75) is 26.2 Å². The fraction of sp³-hybridized carbons (Fsp3) is 1.00. The van der Waals surface area contributed by atoms with Gasteiger partial charge in [-0.1, -0.05) is 26.2 Å². The first-order valence-corrected chi connectivity index (χ1v) is 6.43. The minimum Gasteiger partial charge on any atom is -0.662 e. The van der Waals surface area contributed by atoms with Crippen molar-refractivity contribution in [3.05, 3.63) is 10.0 Å². The minimum atomic E-state index is -3.05. The molecule has 1 rings (SSSR count). The van der Waals surface area contributed by atoms with Crippen LogP contribution in [-0.2, 0) is 49.6 Å². The first-order valence-electron chi connectivity index (χ1n) is 4.58. The summed E-state index contributed by atoms with van der Waals surface area (Å²) in [7, 11) is -3.05. The average Bonchev–Trinajstić information content (AvgIpc) is 2.06. The van der Waals surface area contributed by atoms with Gasteiger partial charge in [0.15, 0.2) is 0 Å². The van der Waals surface area contributed by atoms with Crippen LogP contribution in [0.3, 0.4) is 0 Å². The van der Waals surface area contributed by atoms with Gasteiger partial charge in [0.1, 0.15) is 0 Å². The van der Waals surface area contributed by atoms with Gasteiger partial charge < -0.3 is 10.0 Å². The summed E-state index contributed by atoms with van der Waals surface area (Å²) in [5, 5.41) is 4.18. The summed E-state index contributed by atoms with van der Waals surface area (Å²) >= 11 is 0. The second-order valence-corrected chi connectivity index (χ2v) is 4.63. The van der Waals surface area contributed by atoms with Crippen molar-refractivity contribution in [2.24, 2.45) is 0 Å². The molecule has 91 valence electrons. The maximum Gasteiger partial charge on any atom is 0.0692 e. The van der Waals surface area contributed by atoms with Gasteiger partial charge in [-0.3, -0.25) is 0 Å². The van der Waals surface area contributed by atoms with Gasteiger partial charge >= 0.3 is 0 Å². The molecular formula is C8H18N2O2SVW-2. The van der Waals surface area contributed by atoms with E-state index < -0.39 is 10.0 Å². The maximum atomic E-state index is 10.1. The van der Waals surface area contributed by atoms with Crippen LogP contribution in [0.1, 0.15) is 26.2 Å². The van der Waals surface area contributed by atoms with E-state index in [4.69, 9.17) is 0 Å². The molecule has 1 heterocycles. The van der Waals surface area contributed by atoms with Gasteiger partial charge in [-0.2, -0.15) is 0 Å². The Morgan fingerprint density at radius 2 is 1.67 bits per heavy atom. The number of rotatable bonds is 2. The largest absolute Gasteiger partial charge is 0.662 e. The van der Waals surface area contributed by atoms with Gasteiger partial charge in [-0.25, -0.2) is 8.42 Å². The average molecular weight is 441 g/mol. The van der Waals surface area contributed by atoms with E-state index in [-0.39, 0.29) is 39.6 Å². The molecular weight excluding hydrogens is 423 g/mol. The summed E-state index contributed by atoms with van der Waals surface area (Å²) in [6, 6.07) is 0. The van der Waals surface area contributed by atoms with Crippen molar-refractivity contribution < 1.29 is 48.0 Å². The molecule has 0 spiro atoms. The summed E-state index contributed by atoms with van der Waals surface area (Å²) in [4.78, 5) is 0. The van der Waals surface area contributed by atoms with Crippen molar-refractivity contribution in [2.75, 3.05) is 25.9 Å². The van der Waals surface area contributed by atoms with Crippen LogP contribution in [0.15, 0.2) is 0 Å². The Labute approximate surface area is 120 Å². The monoisotopic (exact) mass is 441 g/mol. The van der Waals surface area contributed by atoms with E-state index in [1.807, 2.05) is 0 Å². The summed E-state index contributed by atoms with van der Waals surface area (Å²) in [6.45, 7) is 4.28. The van der Waals surface area contributed by atoms with E-state index in [0.29, 0.717) is 6.54 Å². The van der Waals surface area contributed by atoms with Crippen molar-refractivity contribution in [1.29, 1.82) is 0 Å². The van der Waals surface area contributed by atoms with Gasteiger partial charge in [0.05, 0.1) is 10.0 Å². The number of sulfonamides is 1. The number of hydrogen-bond acceptors (Lipinski definition) is 2. The second-order valence-electron chi connectivity index (χ2n) is 2.91. The van der Waals surface area contributed by atoms with Crippen molar-refractivity contribution >= 4 is 10.0 Å². The molecule has 0 saturated carbocycles. The molecule has 0 atom stereocenters. The summed E-state index contributed by atoms with van der Waals surface area (Å²) in [5.41, 5.74) is 0. The molecule has 4 nitrogen and oxygen atoms in total. The molecule has 0 aromatic carbocycles. The smallest absolute Gasteiger partial charge is 0.0692 e. The fourth-order valence-corrected chi connectivity index (χ4v) is 1.44. The van der Waals surface area contributed by atoms with Gasteiger partial charge in [-0.15, -0.1) is 19.6 Å². The van der Waals surface area contributed by atoms with Gasteiger partial charge in [0.2, 0.25) is 0 Å². The third kappa shape index (κ3) is 21.1. The van der Waals surface area contributed by atoms with Gasteiger partial charge in [0.25, 0.3) is 0 Å². The van der Waals surface area contributed by atoms with Gasteiger partial charge in [0, 0.05) is 45.9 Å². The zero-order chi connectivity index (χ0) is 10.2. The molecule has 0 aliphatic carbocycles. The summed E-state index contributed by atoms with van der Waals surface area (Å²) in [5.74, 6) is 0. The SMILES string of the molecule is C1CC[N-]CC1.CC[N-]S(C)(=O)=O.[V].[W]. The molecule has 0 aromatic rings. The Morgan fingerprint density at radius 1 is 1.20 bits per heavy atom. The third-order valence-electron chi connectivity index (χ3n) is 1.50. The number of piperidine rings is 1. The standard InChI is InChI=1S/C5H10N.C3H8NO2S.V.W/c1-2-4-6-5-3-1;1-3-4-7(2,5)6;;/h1-5H2;3H2,1-2H3;;/q2*-1;;. The first-order chi connectivity index (χ1) is 6.06. The van der Waals surface area contributed by atoms with Crippen LogP contribution < -0.4 is 0 Å². The Morgan fingerprint density at radius 3 is 1.73 bits per heavy atom. The van der Waals surface area contributed by atoms with Crippen LogP contribution in [0.25, 0.3) is 10.0 Å². The minimum absolute atomic E-state index is 0. The zero-order valence-corrected chi connectivity index (χ0v) is 14.4. The molecule has 0 N–H and O–H groups in total. The Bertz CT molecular complexity index is 197. The summed E-state index contributed by atoms with van der Waals surface area (Å²) in [6.07, 6.45) is 5.15. The van der Waals surface area contributed by atoms with E-state index in [0.717, 1.165) is 19.3 Å². The number of nitrogens with zero attached hydrogens (tertiary/aromatic N) is 2. The predicted octanol–water partition coefficient (Wildman–Crippen LogP) is 1.88. The molecule has 1 aliphatic rings. The fourth-order valence-electron chi connectivity index (χ4n) is 0.970. The van der Waals surface area contributed by atoms with E-state index in [9.17, 15) is 8.42 Å². The molecule has 15 heavy (non-hydrogen) atoms. The van der Waals surface area contributed by atoms with Crippen molar-refractivity contribution in [3.63, 3.8) is 0 Å². The maximum absolute atomic E-state index is 10.1. The molecule has 1 aliphatic heterocycles. The van der Waals surface area contributed by atoms with Crippen molar-refractivity contribution in [1.82, 2.24) is 0 Å². The number of hydrogen-bond donors (Lipinski definition) is 0. The van der Waals surface area contributed by atoms with Crippen LogP contribution in [0.2, 0.25) is 0 Å². The zero-order valence-electron chi connectivity index (χ0n) is 9.22. The Hall–Kier alpha value is 1.14.